The van der Waals surface area contributed by atoms with Gasteiger partial charge in [0, 0.05) is 19.7 Å². The van der Waals surface area contributed by atoms with Gasteiger partial charge in [-0.15, -0.1) is 0 Å². The number of nitrogens with one attached hydrogen (secondary N) is 1. The van der Waals surface area contributed by atoms with Gasteiger partial charge in [0.15, 0.2) is 12.3 Å². The van der Waals surface area contributed by atoms with E-state index in [1.54, 1.807) is 22.8 Å². The molecule has 3 rings (SSSR count). The van der Waals surface area contributed by atoms with Gasteiger partial charge in [-0.3, -0.25) is 4.57 Å². The average molecular weight is 411 g/mol. The first-order valence-corrected chi connectivity index (χ1v) is 10.1. The van der Waals surface area contributed by atoms with Crippen molar-refractivity contribution in [3.8, 4) is 0 Å². The molecule has 1 N–H and O–H groups in total. The summed E-state index contributed by atoms with van der Waals surface area (Å²) in [7, 11) is 1.36. The lowest BCUT2D eigenvalue weighted by atomic mass is 10.2. The third-order valence-electron chi connectivity index (χ3n) is 4.24. The van der Waals surface area contributed by atoms with Crippen LogP contribution in [0.4, 0.5) is 4.39 Å². The van der Waals surface area contributed by atoms with Gasteiger partial charge in [-0.25, -0.2) is 17.1 Å². The van der Waals surface area contributed by atoms with Crippen molar-refractivity contribution in [3.63, 3.8) is 0 Å². The lowest BCUT2D eigenvalue weighted by Gasteiger charge is -2.15. The molecule has 1 unspecified atom stereocenters. The van der Waals surface area contributed by atoms with E-state index in [9.17, 15) is 12.8 Å². The minimum Gasteiger partial charge on any atom is -0.429 e. The van der Waals surface area contributed by atoms with Crippen LogP contribution in [0, 0.1) is 10.7 Å². The van der Waals surface area contributed by atoms with E-state index in [1.807, 2.05) is 13.1 Å². The van der Waals surface area contributed by atoms with Crippen molar-refractivity contribution >= 4 is 33.3 Å². The number of halogens is 1. The third kappa shape index (κ3) is 4.11. The maximum absolute atomic E-state index is 13.4. The highest BCUT2D eigenvalue weighted by Crippen LogP contribution is 2.22. The zero-order valence-corrected chi connectivity index (χ0v) is 16.9. The fourth-order valence-electron chi connectivity index (χ4n) is 2.88. The largest absolute Gasteiger partial charge is 0.429 e. The molecule has 6 nitrogen and oxygen atoms in total. The summed E-state index contributed by atoms with van der Waals surface area (Å²) in [6.45, 7) is 1.04. The maximum Gasteiger partial charge on any atom is 0.274 e. The second-order valence-corrected chi connectivity index (χ2v) is 9.14. The van der Waals surface area contributed by atoms with Crippen LogP contribution in [0.2, 0.25) is 0 Å². The second-order valence-electron chi connectivity index (χ2n) is 6.63. The predicted octanol–water partition coefficient (Wildman–Crippen LogP) is 2.03. The number of hydrogen-bond donors (Lipinski definition) is 1. The first kappa shape index (κ1) is 19.7. The van der Waals surface area contributed by atoms with Crippen molar-refractivity contribution in [2.45, 2.75) is 18.1 Å². The molecule has 9 heteroatoms. The van der Waals surface area contributed by atoms with Gasteiger partial charge in [-0.2, -0.15) is 0 Å². The summed E-state index contributed by atoms with van der Waals surface area (Å²) in [6, 6.07) is 11.1. The molecule has 0 radical (unpaired) electrons. The standard InChI is InChI=1S/C18H20FN3O3S2/c1-20(2)27(23,24)15-7-8-17-16(10-15)22(18(26)25-17)12-21(3)11-13-5-4-6-14(19)9-13/h4-10H,11-12H2,1-3H3/p+1. The molecule has 0 spiro atoms. The van der Waals surface area contributed by atoms with Gasteiger partial charge in [0.1, 0.15) is 12.4 Å². The van der Waals surface area contributed by atoms with E-state index in [-0.39, 0.29) is 15.6 Å². The molecule has 1 heterocycles. The molecule has 3 aromatic rings. The molecule has 144 valence electrons. The van der Waals surface area contributed by atoms with Gasteiger partial charge < -0.3 is 9.32 Å². The van der Waals surface area contributed by atoms with Crippen LogP contribution in [0.25, 0.3) is 11.1 Å². The number of benzene rings is 2. The fourth-order valence-corrected chi connectivity index (χ4v) is 4.06. The highest BCUT2D eigenvalue weighted by molar-refractivity contribution is 7.89. The SMILES string of the molecule is CN(C)S(=O)(=O)c1ccc2oc(=S)n(C[NH+](C)Cc3cccc(F)c3)c2c1. The van der Waals surface area contributed by atoms with Crippen molar-refractivity contribution in [2.75, 3.05) is 21.1 Å². The summed E-state index contributed by atoms with van der Waals surface area (Å²) in [6.07, 6.45) is 0. The number of hydrogen-bond acceptors (Lipinski definition) is 4. The van der Waals surface area contributed by atoms with Gasteiger partial charge in [0.25, 0.3) is 4.84 Å². The molecule has 0 saturated carbocycles. The van der Waals surface area contributed by atoms with Crippen LogP contribution in [-0.4, -0.2) is 38.4 Å². The van der Waals surface area contributed by atoms with E-state index >= 15 is 0 Å². The van der Waals surface area contributed by atoms with Crippen LogP contribution >= 0.6 is 12.2 Å². The molecule has 1 atom stereocenters. The molecule has 0 aliphatic heterocycles. The van der Waals surface area contributed by atoms with E-state index < -0.39 is 10.0 Å². The van der Waals surface area contributed by atoms with Crippen LogP contribution in [0.5, 0.6) is 0 Å². The van der Waals surface area contributed by atoms with Crippen LogP contribution in [-0.2, 0) is 23.2 Å². The number of sulfonamides is 1. The molecule has 0 aliphatic carbocycles. The molecule has 0 fully saturated rings. The monoisotopic (exact) mass is 410 g/mol. The average Bonchev–Trinajstić information content (AvgIpc) is 2.89. The molecule has 27 heavy (non-hydrogen) atoms. The molecular weight excluding hydrogens is 389 g/mol. The van der Waals surface area contributed by atoms with E-state index in [1.165, 1.54) is 32.3 Å². The molecule has 0 aliphatic rings. The Morgan fingerprint density at radius 2 is 1.96 bits per heavy atom. The number of fused-ring (bicyclic) bond motifs is 1. The number of rotatable bonds is 6. The van der Waals surface area contributed by atoms with Crippen LogP contribution < -0.4 is 4.90 Å². The fraction of sp³-hybridized carbons (Fsp3) is 0.278. The van der Waals surface area contributed by atoms with E-state index in [4.69, 9.17) is 16.6 Å². The van der Waals surface area contributed by atoms with Crippen molar-refractivity contribution in [1.29, 1.82) is 0 Å². The zero-order valence-electron chi connectivity index (χ0n) is 15.3. The predicted molar refractivity (Wildman–Crippen MR) is 103 cm³/mol. The summed E-state index contributed by atoms with van der Waals surface area (Å²) < 4.78 is 46.7. The topological polar surface area (TPSA) is 59.9 Å². The van der Waals surface area contributed by atoms with Gasteiger partial charge in [0.2, 0.25) is 10.0 Å². The van der Waals surface area contributed by atoms with Gasteiger partial charge in [-0.1, -0.05) is 12.1 Å². The van der Waals surface area contributed by atoms with Crippen molar-refractivity contribution < 1.29 is 22.1 Å². The Kier molecular flexibility index (Phi) is 5.48. The minimum absolute atomic E-state index is 0.173. The van der Waals surface area contributed by atoms with Crippen molar-refractivity contribution in [1.82, 2.24) is 8.87 Å². The van der Waals surface area contributed by atoms with E-state index in [0.29, 0.717) is 24.3 Å². The smallest absolute Gasteiger partial charge is 0.274 e. The second kappa shape index (κ2) is 7.51. The highest BCUT2D eigenvalue weighted by Gasteiger charge is 2.20. The van der Waals surface area contributed by atoms with Crippen LogP contribution in [0.1, 0.15) is 5.56 Å². The maximum atomic E-state index is 13.4. The summed E-state index contributed by atoms with van der Waals surface area (Å²) in [5.41, 5.74) is 2.00. The first-order chi connectivity index (χ1) is 12.7. The lowest BCUT2D eigenvalue weighted by molar-refractivity contribution is -0.916. The number of aromatic nitrogens is 1. The van der Waals surface area contributed by atoms with Gasteiger partial charge in [-0.05, 0) is 42.5 Å². The Morgan fingerprint density at radius 1 is 1.22 bits per heavy atom. The summed E-state index contributed by atoms with van der Waals surface area (Å²) in [5, 5.41) is 0. The van der Waals surface area contributed by atoms with Gasteiger partial charge >= 0.3 is 0 Å². The van der Waals surface area contributed by atoms with Crippen molar-refractivity contribution in [3.05, 3.63) is 58.7 Å². The summed E-state index contributed by atoms with van der Waals surface area (Å²) in [5.74, 6) is -0.274. The molecule has 0 bridgehead atoms. The Bertz CT molecular complexity index is 1140. The highest BCUT2D eigenvalue weighted by atomic mass is 32.2. The van der Waals surface area contributed by atoms with E-state index in [0.717, 1.165) is 14.8 Å². The number of nitrogens with zero attached hydrogens (tertiary/aromatic N) is 2. The minimum atomic E-state index is -3.56. The summed E-state index contributed by atoms with van der Waals surface area (Å²) >= 11 is 5.31. The Balaban J connectivity index is 1.94. The number of oxazole rings is 1. The molecular formula is C18H21FN3O3S2+. The zero-order chi connectivity index (χ0) is 19.8. The Labute approximate surface area is 162 Å². The van der Waals surface area contributed by atoms with E-state index in [2.05, 4.69) is 0 Å². The van der Waals surface area contributed by atoms with Crippen LogP contribution in [0.15, 0.2) is 51.8 Å². The molecule has 0 amide bonds. The Morgan fingerprint density at radius 3 is 2.63 bits per heavy atom. The normalized spacial score (nSPS) is 13.4. The molecule has 0 saturated heterocycles. The van der Waals surface area contributed by atoms with Crippen LogP contribution in [0.3, 0.4) is 0 Å². The first-order valence-electron chi connectivity index (χ1n) is 8.30. The Hall–Kier alpha value is -2.07. The quantitative estimate of drug-likeness (QED) is 0.632. The molecule has 2 aromatic carbocycles. The number of quaternary nitrogens is 1. The molecule has 1 aromatic heterocycles. The lowest BCUT2D eigenvalue weighted by Crippen LogP contribution is -3.06. The third-order valence-corrected chi connectivity index (χ3v) is 6.36. The van der Waals surface area contributed by atoms with Crippen molar-refractivity contribution in [2.24, 2.45) is 0 Å². The summed E-state index contributed by atoms with van der Waals surface area (Å²) in [4.78, 5) is 1.48. The van der Waals surface area contributed by atoms with Gasteiger partial charge in [0.05, 0.1) is 17.5 Å².